The molecule has 0 radical (unpaired) electrons. The molecule has 0 bridgehead atoms. The average molecular weight is 292 g/mol. The molecule has 0 aromatic carbocycles. The summed E-state index contributed by atoms with van der Waals surface area (Å²) in [6, 6.07) is 0.611. The molecule has 2 N–H and O–H groups in total. The lowest BCUT2D eigenvalue weighted by atomic mass is 10.2. The predicted octanol–water partition coefficient (Wildman–Crippen LogP) is 1.48. The maximum Gasteiger partial charge on any atom is 0.192 e. The highest BCUT2D eigenvalue weighted by Crippen LogP contribution is 2.26. The van der Waals surface area contributed by atoms with Gasteiger partial charge in [0.25, 0.3) is 0 Å². The number of nitrogens with zero attached hydrogens (tertiary/aromatic N) is 5. The summed E-state index contributed by atoms with van der Waals surface area (Å²) in [6.45, 7) is 13.5. The molecule has 118 valence electrons. The van der Waals surface area contributed by atoms with E-state index in [0.29, 0.717) is 12.0 Å². The van der Waals surface area contributed by atoms with Crippen molar-refractivity contribution in [2.45, 2.75) is 39.8 Å². The van der Waals surface area contributed by atoms with Gasteiger partial charge in [-0.15, -0.1) is 0 Å². The minimum Gasteiger partial charge on any atom is -0.370 e. The van der Waals surface area contributed by atoms with Crippen LogP contribution in [0.4, 0.5) is 0 Å². The van der Waals surface area contributed by atoms with Gasteiger partial charge >= 0.3 is 0 Å². The molecule has 0 saturated carbocycles. The number of imidazole rings is 1. The van der Waals surface area contributed by atoms with Gasteiger partial charge in [0, 0.05) is 19.1 Å². The lowest BCUT2D eigenvalue weighted by molar-refractivity contribution is 0.244. The smallest absolute Gasteiger partial charge is 0.192 e. The molecule has 2 rings (SSSR count). The third-order valence-corrected chi connectivity index (χ3v) is 4.24. The Morgan fingerprint density at radius 2 is 2.10 bits per heavy atom. The lowest BCUT2D eigenvalue weighted by Crippen LogP contribution is -2.42. The number of hydrogen-bond donors (Lipinski definition) is 1. The summed E-state index contributed by atoms with van der Waals surface area (Å²) in [6.07, 6.45) is 3.85. The van der Waals surface area contributed by atoms with Gasteiger partial charge in [-0.3, -0.25) is 4.99 Å². The van der Waals surface area contributed by atoms with E-state index < -0.39 is 0 Å². The molecule has 1 unspecified atom stereocenters. The number of likely N-dealkylation sites (N-methyl/N-ethyl adjacent to an activating group) is 1. The van der Waals surface area contributed by atoms with Crippen LogP contribution in [0.2, 0.25) is 0 Å². The molecule has 2 heterocycles. The van der Waals surface area contributed by atoms with Crippen LogP contribution in [0.25, 0.3) is 0 Å². The largest absolute Gasteiger partial charge is 0.370 e. The fraction of sp³-hybridized carbons (Fsp3) is 0.733. The zero-order valence-electron chi connectivity index (χ0n) is 13.7. The van der Waals surface area contributed by atoms with Gasteiger partial charge in [-0.25, -0.2) is 4.98 Å². The van der Waals surface area contributed by atoms with Crippen LogP contribution in [0.1, 0.15) is 45.5 Å². The Morgan fingerprint density at radius 1 is 1.38 bits per heavy atom. The molecule has 1 aromatic rings. The fourth-order valence-electron chi connectivity index (χ4n) is 2.85. The van der Waals surface area contributed by atoms with Crippen molar-refractivity contribution in [2.24, 2.45) is 10.7 Å². The van der Waals surface area contributed by atoms with Gasteiger partial charge in [0.05, 0.1) is 30.8 Å². The van der Waals surface area contributed by atoms with E-state index in [1.807, 2.05) is 12.5 Å². The second kappa shape index (κ2) is 6.93. The van der Waals surface area contributed by atoms with E-state index in [0.717, 1.165) is 32.7 Å². The van der Waals surface area contributed by atoms with Crippen molar-refractivity contribution in [3.05, 3.63) is 18.2 Å². The van der Waals surface area contributed by atoms with Crippen LogP contribution < -0.4 is 5.73 Å². The van der Waals surface area contributed by atoms with Gasteiger partial charge in [-0.05, 0) is 26.9 Å². The van der Waals surface area contributed by atoms with E-state index in [2.05, 4.69) is 52.0 Å². The van der Waals surface area contributed by atoms with Crippen LogP contribution in [0.15, 0.2) is 17.5 Å². The number of hydrogen-bond acceptors (Lipinski definition) is 5. The van der Waals surface area contributed by atoms with Gasteiger partial charge in [0.15, 0.2) is 5.96 Å². The van der Waals surface area contributed by atoms with Crippen molar-refractivity contribution in [1.82, 2.24) is 19.4 Å². The first-order chi connectivity index (χ1) is 10.1. The molecule has 1 aliphatic rings. The summed E-state index contributed by atoms with van der Waals surface area (Å²) in [7, 11) is 0. The maximum absolute atomic E-state index is 6.10. The Hall–Kier alpha value is -1.56. The van der Waals surface area contributed by atoms with Crippen LogP contribution in [0.5, 0.6) is 0 Å². The van der Waals surface area contributed by atoms with Crippen LogP contribution in [-0.2, 0) is 0 Å². The fourth-order valence-corrected chi connectivity index (χ4v) is 2.85. The molecular formula is C15H28N6. The Kier molecular flexibility index (Phi) is 5.22. The van der Waals surface area contributed by atoms with Crippen molar-refractivity contribution >= 4 is 5.96 Å². The molecule has 1 aliphatic heterocycles. The molecular weight excluding hydrogens is 264 g/mol. The first-order valence-corrected chi connectivity index (χ1v) is 7.89. The van der Waals surface area contributed by atoms with Gasteiger partial charge in [0.2, 0.25) is 0 Å². The molecule has 0 aliphatic carbocycles. The first kappa shape index (κ1) is 15.8. The number of rotatable bonds is 7. The Morgan fingerprint density at radius 3 is 2.71 bits per heavy atom. The zero-order valence-corrected chi connectivity index (χ0v) is 13.7. The van der Waals surface area contributed by atoms with E-state index in [9.17, 15) is 0 Å². The van der Waals surface area contributed by atoms with Gasteiger partial charge in [-0.2, -0.15) is 0 Å². The van der Waals surface area contributed by atoms with E-state index in [1.54, 1.807) is 0 Å². The average Bonchev–Trinajstić information content (AvgIpc) is 3.07. The molecule has 0 fully saturated rings. The molecule has 1 atom stereocenters. The van der Waals surface area contributed by atoms with Crippen molar-refractivity contribution in [2.75, 3.05) is 32.7 Å². The Labute approximate surface area is 127 Å². The Balaban J connectivity index is 2.10. The second-order valence-corrected chi connectivity index (χ2v) is 5.75. The molecule has 0 amide bonds. The Bertz CT molecular complexity index is 474. The van der Waals surface area contributed by atoms with Gasteiger partial charge in [0.1, 0.15) is 0 Å². The number of aliphatic imine (C=N–C) groups is 1. The molecule has 6 heteroatoms. The third-order valence-electron chi connectivity index (χ3n) is 4.24. The van der Waals surface area contributed by atoms with Gasteiger partial charge < -0.3 is 20.1 Å². The van der Waals surface area contributed by atoms with Crippen molar-refractivity contribution in [1.29, 1.82) is 0 Å². The first-order valence-electron chi connectivity index (χ1n) is 7.89. The molecule has 0 spiro atoms. The van der Waals surface area contributed by atoms with E-state index in [-0.39, 0.29) is 6.04 Å². The van der Waals surface area contributed by atoms with Crippen molar-refractivity contribution < 1.29 is 0 Å². The molecule has 1 aromatic heterocycles. The van der Waals surface area contributed by atoms with E-state index >= 15 is 0 Å². The monoisotopic (exact) mass is 292 g/mol. The number of guanidine groups is 1. The molecule has 6 nitrogen and oxygen atoms in total. The van der Waals surface area contributed by atoms with Crippen molar-refractivity contribution in [3.63, 3.8) is 0 Å². The summed E-state index contributed by atoms with van der Waals surface area (Å²) in [5, 5.41) is 0. The summed E-state index contributed by atoms with van der Waals surface area (Å²) < 4.78 is 2.21. The second-order valence-electron chi connectivity index (χ2n) is 5.75. The van der Waals surface area contributed by atoms with Crippen LogP contribution in [0, 0.1) is 0 Å². The highest BCUT2D eigenvalue weighted by Gasteiger charge is 2.30. The summed E-state index contributed by atoms with van der Waals surface area (Å²) >= 11 is 0. The highest BCUT2D eigenvalue weighted by atomic mass is 15.3. The quantitative estimate of drug-likeness (QED) is 0.827. The minimum atomic E-state index is 0.213. The number of nitrogens with two attached hydrogens (primary N) is 1. The molecule has 21 heavy (non-hydrogen) atoms. The predicted molar refractivity (Wildman–Crippen MR) is 86.3 cm³/mol. The number of aromatic nitrogens is 2. The maximum atomic E-state index is 6.10. The van der Waals surface area contributed by atoms with E-state index in [4.69, 9.17) is 5.73 Å². The summed E-state index contributed by atoms with van der Waals surface area (Å²) in [5.74, 6) is 0.656. The summed E-state index contributed by atoms with van der Waals surface area (Å²) in [5.41, 5.74) is 7.30. The van der Waals surface area contributed by atoms with Crippen LogP contribution in [-0.4, -0.2) is 58.0 Å². The zero-order chi connectivity index (χ0) is 15.4. The van der Waals surface area contributed by atoms with Crippen LogP contribution >= 0.6 is 0 Å². The molecule has 0 saturated heterocycles. The standard InChI is InChI=1S/C15H28N6/c1-5-19(6-2)7-8-20-14(10-18-15(20)16)13-9-17-11-21(13)12(3)4/h9,11-12,14H,5-8,10H2,1-4H3,(H2,16,18). The van der Waals surface area contributed by atoms with Crippen LogP contribution in [0.3, 0.4) is 0 Å². The van der Waals surface area contributed by atoms with Crippen molar-refractivity contribution in [3.8, 4) is 0 Å². The topological polar surface area (TPSA) is 62.7 Å². The van der Waals surface area contributed by atoms with Gasteiger partial charge in [-0.1, -0.05) is 13.8 Å². The SMILES string of the molecule is CCN(CC)CCN1C(N)=NCC1c1cncn1C(C)C. The highest BCUT2D eigenvalue weighted by molar-refractivity contribution is 5.80. The lowest BCUT2D eigenvalue weighted by Gasteiger charge is -2.30. The van der Waals surface area contributed by atoms with E-state index in [1.165, 1.54) is 5.69 Å². The third kappa shape index (κ3) is 3.37. The summed E-state index contributed by atoms with van der Waals surface area (Å²) in [4.78, 5) is 13.4. The minimum absolute atomic E-state index is 0.213. The normalized spacial score (nSPS) is 18.9.